The average molecular weight is 321 g/mol. The van der Waals surface area contributed by atoms with Crippen molar-refractivity contribution in [1.82, 2.24) is 0 Å². The first kappa shape index (κ1) is 15.9. The average Bonchev–Trinajstić information content (AvgIpc) is 2.54. The summed E-state index contributed by atoms with van der Waals surface area (Å²) in [5.74, 6) is -1.19. The molecule has 2 rings (SSSR count). The topological polar surface area (TPSA) is 72.8 Å². The summed E-state index contributed by atoms with van der Waals surface area (Å²) in [4.78, 5) is 22.7. The van der Waals surface area contributed by atoms with E-state index in [1.807, 2.05) is 0 Å². The van der Waals surface area contributed by atoms with Crippen LogP contribution in [0.3, 0.4) is 0 Å². The molecule has 2 aromatic carbocycles. The Kier molecular flexibility index (Phi) is 4.68. The van der Waals surface area contributed by atoms with Crippen molar-refractivity contribution in [3.8, 4) is 16.9 Å². The van der Waals surface area contributed by atoms with Crippen molar-refractivity contribution in [2.75, 3.05) is 14.2 Å². The second-order valence-corrected chi connectivity index (χ2v) is 4.81. The zero-order chi connectivity index (χ0) is 16.3. The van der Waals surface area contributed by atoms with Crippen molar-refractivity contribution in [3.63, 3.8) is 0 Å². The van der Waals surface area contributed by atoms with Crippen molar-refractivity contribution in [1.29, 1.82) is 0 Å². The number of carboxylic acids is 1. The monoisotopic (exact) mass is 320 g/mol. The minimum atomic E-state index is -1.06. The predicted octanol–water partition coefficient (Wildman–Crippen LogP) is 3.50. The van der Waals surface area contributed by atoms with E-state index in [2.05, 4.69) is 4.74 Å². The van der Waals surface area contributed by atoms with Gasteiger partial charge < -0.3 is 14.6 Å². The van der Waals surface area contributed by atoms with Crippen molar-refractivity contribution < 1.29 is 24.2 Å². The molecule has 2 aromatic rings. The van der Waals surface area contributed by atoms with Crippen LogP contribution in [0, 0.1) is 0 Å². The third-order valence-electron chi connectivity index (χ3n) is 3.13. The second-order valence-electron chi connectivity index (χ2n) is 4.41. The smallest absolute Gasteiger partial charge is 0.337 e. The molecule has 5 nitrogen and oxygen atoms in total. The molecule has 0 fully saturated rings. The van der Waals surface area contributed by atoms with Crippen LogP contribution in [0.5, 0.6) is 5.75 Å². The molecular weight excluding hydrogens is 308 g/mol. The molecule has 0 amide bonds. The fourth-order valence-electron chi connectivity index (χ4n) is 2.02. The highest BCUT2D eigenvalue weighted by Gasteiger charge is 2.15. The number of carbonyl (C=O) groups is 2. The SMILES string of the molecule is COC(=O)c1ccc(Cl)c(-c2ccc(C(=O)O)cc2OC)c1. The number of aromatic carboxylic acids is 1. The first-order valence-corrected chi connectivity index (χ1v) is 6.65. The zero-order valence-electron chi connectivity index (χ0n) is 11.9. The Morgan fingerprint density at radius 3 is 2.27 bits per heavy atom. The maximum absolute atomic E-state index is 11.6. The fraction of sp³-hybridized carbons (Fsp3) is 0.125. The summed E-state index contributed by atoms with van der Waals surface area (Å²) >= 11 is 6.19. The van der Waals surface area contributed by atoms with Crippen molar-refractivity contribution in [2.24, 2.45) is 0 Å². The number of carbonyl (C=O) groups excluding carboxylic acids is 1. The van der Waals surface area contributed by atoms with E-state index >= 15 is 0 Å². The summed E-state index contributed by atoms with van der Waals surface area (Å²) in [6, 6.07) is 9.14. The van der Waals surface area contributed by atoms with E-state index in [1.54, 1.807) is 24.3 Å². The lowest BCUT2D eigenvalue weighted by Crippen LogP contribution is -2.02. The van der Waals surface area contributed by atoms with Gasteiger partial charge in [0.1, 0.15) is 5.75 Å². The zero-order valence-corrected chi connectivity index (χ0v) is 12.7. The largest absolute Gasteiger partial charge is 0.496 e. The van der Waals surface area contributed by atoms with Crippen molar-refractivity contribution >= 4 is 23.5 Å². The van der Waals surface area contributed by atoms with Crippen LogP contribution in [0.1, 0.15) is 20.7 Å². The Morgan fingerprint density at radius 1 is 1.00 bits per heavy atom. The van der Waals surface area contributed by atoms with Gasteiger partial charge in [0.15, 0.2) is 0 Å². The molecule has 0 spiro atoms. The lowest BCUT2D eigenvalue weighted by molar-refractivity contribution is 0.0600. The number of ether oxygens (including phenoxy) is 2. The van der Waals surface area contributed by atoms with Gasteiger partial charge in [0.25, 0.3) is 0 Å². The molecule has 22 heavy (non-hydrogen) atoms. The summed E-state index contributed by atoms with van der Waals surface area (Å²) in [5, 5.41) is 9.44. The van der Waals surface area contributed by atoms with Crippen LogP contribution in [0.25, 0.3) is 11.1 Å². The van der Waals surface area contributed by atoms with Gasteiger partial charge in [-0.2, -0.15) is 0 Å². The highest BCUT2D eigenvalue weighted by molar-refractivity contribution is 6.33. The molecule has 0 saturated heterocycles. The Balaban J connectivity index is 2.60. The van der Waals surface area contributed by atoms with E-state index in [1.165, 1.54) is 26.4 Å². The quantitative estimate of drug-likeness (QED) is 0.873. The summed E-state index contributed by atoms with van der Waals surface area (Å²) < 4.78 is 9.92. The molecule has 0 aliphatic heterocycles. The van der Waals surface area contributed by atoms with E-state index in [0.29, 0.717) is 27.5 Å². The maximum Gasteiger partial charge on any atom is 0.337 e. The van der Waals surface area contributed by atoms with Crippen LogP contribution in [-0.2, 0) is 4.74 Å². The Hall–Kier alpha value is -2.53. The van der Waals surface area contributed by atoms with Crippen LogP contribution >= 0.6 is 11.6 Å². The molecule has 0 radical (unpaired) electrons. The normalized spacial score (nSPS) is 10.1. The number of esters is 1. The van der Waals surface area contributed by atoms with Crippen molar-refractivity contribution in [3.05, 3.63) is 52.5 Å². The Morgan fingerprint density at radius 2 is 1.68 bits per heavy atom. The van der Waals surface area contributed by atoms with Gasteiger partial charge in [-0.25, -0.2) is 9.59 Å². The predicted molar refractivity (Wildman–Crippen MR) is 81.7 cm³/mol. The van der Waals surface area contributed by atoms with Crippen LogP contribution in [0.15, 0.2) is 36.4 Å². The minimum Gasteiger partial charge on any atom is -0.496 e. The van der Waals surface area contributed by atoms with E-state index in [9.17, 15) is 9.59 Å². The van der Waals surface area contributed by atoms with Gasteiger partial charge in [-0.3, -0.25) is 0 Å². The summed E-state index contributed by atoms with van der Waals surface area (Å²) in [6.45, 7) is 0. The molecule has 0 saturated carbocycles. The molecule has 0 atom stereocenters. The van der Waals surface area contributed by atoms with Crippen LogP contribution in [0.4, 0.5) is 0 Å². The van der Waals surface area contributed by atoms with E-state index in [0.717, 1.165) is 0 Å². The lowest BCUT2D eigenvalue weighted by atomic mass is 10.0. The molecule has 0 aromatic heterocycles. The molecule has 0 aliphatic carbocycles. The molecule has 6 heteroatoms. The third kappa shape index (κ3) is 3.04. The summed E-state index contributed by atoms with van der Waals surface area (Å²) in [7, 11) is 2.72. The number of benzene rings is 2. The number of hydrogen-bond acceptors (Lipinski definition) is 4. The molecule has 0 unspecified atom stereocenters. The highest BCUT2D eigenvalue weighted by atomic mass is 35.5. The molecule has 114 valence electrons. The van der Waals surface area contributed by atoms with Gasteiger partial charge >= 0.3 is 11.9 Å². The van der Waals surface area contributed by atoms with Gasteiger partial charge in [0.05, 0.1) is 25.3 Å². The van der Waals surface area contributed by atoms with Gasteiger partial charge in [-0.15, -0.1) is 0 Å². The summed E-state index contributed by atoms with van der Waals surface area (Å²) in [6.07, 6.45) is 0. The molecular formula is C16H13ClO5. The number of halogens is 1. The summed E-state index contributed by atoms with van der Waals surface area (Å²) in [5.41, 5.74) is 1.58. The second kappa shape index (κ2) is 6.49. The Labute approximate surface area is 132 Å². The van der Waals surface area contributed by atoms with Crippen molar-refractivity contribution in [2.45, 2.75) is 0 Å². The van der Waals surface area contributed by atoms with Crippen LogP contribution in [0.2, 0.25) is 5.02 Å². The molecule has 0 heterocycles. The van der Waals surface area contributed by atoms with Crippen LogP contribution in [-0.4, -0.2) is 31.3 Å². The van der Waals surface area contributed by atoms with E-state index < -0.39 is 11.9 Å². The highest BCUT2D eigenvalue weighted by Crippen LogP contribution is 2.36. The van der Waals surface area contributed by atoms with Gasteiger partial charge in [-0.1, -0.05) is 11.6 Å². The molecule has 1 N–H and O–H groups in total. The van der Waals surface area contributed by atoms with Gasteiger partial charge in [0.2, 0.25) is 0 Å². The van der Waals surface area contributed by atoms with Gasteiger partial charge in [-0.05, 0) is 36.4 Å². The number of rotatable bonds is 4. The van der Waals surface area contributed by atoms with Crippen LogP contribution < -0.4 is 4.74 Å². The standard InChI is InChI=1S/C16H13ClO5/c1-21-14-8-9(15(18)19)3-5-11(14)12-7-10(16(20)22-2)4-6-13(12)17/h3-8H,1-2H3,(H,18,19). The number of methoxy groups -OCH3 is 2. The maximum atomic E-state index is 11.6. The fourth-order valence-corrected chi connectivity index (χ4v) is 2.24. The van der Waals surface area contributed by atoms with Gasteiger partial charge in [0, 0.05) is 16.1 Å². The molecule has 0 aliphatic rings. The number of hydrogen-bond donors (Lipinski definition) is 1. The number of carboxylic acid groups (broad SMARTS) is 1. The van der Waals surface area contributed by atoms with E-state index in [4.69, 9.17) is 21.4 Å². The lowest BCUT2D eigenvalue weighted by Gasteiger charge is -2.12. The minimum absolute atomic E-state index is 0.0980. The Bertz CT molecular complexity index is 739. The third-order valence-corrected chi connectivity index (χ3v) is 3.46. The van der Waals surface area contributed by atoms with E-state index in [-0.39, 0.29) is 5.56 Å². The molecule has 0 bridgehead atoms. The first-order valence-electron chi connectivity index (χ1n) is 6.27. The first-order chi connectivity index (χ1) is 10.5.